The summed E-state index contributed by atoms with van der Waals surface area (Å²) < 4.78 is 1.72. The molecule has 0 aromatic carbocycles. The van der Waals surface area contributed by atoms with Crippen molar-refractivity contribution in [3.05, 3.63) is 61.6 Å². The van der Waals surface area contributed by atoms with E-state index in [4.69, 9.17) is 0 Å². The number of halogens is 1. The van der Waals surface area contributed by atoms with E-state index in [1.54, 1.807) is 12.1 Å². The molecule has 0 spiro atoms. The highest BCUT2D eigenvalue weighted by molar-refractivity contribution is 9.10. The van der Waals surface area contributed by atoms with Crippen molar-refractivity contribution in [2.24, 2.45) is 0 Å². The number of hydrogen-bond donors (Lipinski definition) is 1. The van der Waals surface area contributed by atoms with Gasteiger partial charge in [-0.05, 0) is 28.1 Å². The summed E-state index contributed by atoms with van der Waals surface area (Å²) in [4.78, 5) is 37.3. The molecule has 0 radical (unpaired) electrons. The maximum Gasteiger partial charge on any atom is 0.285 e. The summed E-state index contributed by atoms with van der Waals surface area (Å²) >= 11 is 3.21. The molecular formula is C12H9BrN4O4. The SMILES string of the molecule is O=C(Cn1cc([N+](=O)[O-])ccc1=O)Nc1ccc(Br)cn1. The fourth-order valence-electron chi connectivity index (χ4n) is 1.54. The number of amides is 1. The molecule has 0 atom stereocenters. The van der Waals surface area contributed by atoms with Crippen molar-refractivity contribution in [1.82, 2.24) is 9.55 Å². The molecule has 0 saturated heterocycles. The third-order valence-electron chi connectivity index (χ3n) is 2.49. The zero-order chi connectivity index (χ0) is 15.4. The van der Waals surface area contributed by atoms with Crippen LogP contribution in [0.25, 0.3) is 0 Å². The van der Waals surface area contributed by atoms with Gasteiger partial charge in [0.1, 0.15) is 12.4 Å². The van der Waals surface area contributed by atoms with Crippen LogP contribution in [0.1, 0.15) is 0 Å². The molecule has 0 aliphatic heterocycles. The van der Waals surface area contributed by atoms with E-state index < -0.39 is 16.4 Å². The molecule has 0 aliphatic carbocycles. The van der Waals surface area contributed by atoms with E-state index in [9.17, 15) is 19.7 Å². The molecule has 2 rings (SSSR count). The Balaban J connectivity index is 2.12. The number of rotatable bonds is 4. The first-order valence-corrected chi connectivity index (χ1v) is 6.51. The van der Waals surface area contributed by atoms with Crippen molar-refractivity contribution < 1.29 is 9.72 Å². The standard InChI is InChI=1S/C12H9BrN4O4/c13-8-1-3-10(14-5-8)15-11(18)7-16-6-9(17(20)21)2-4-12(16)19/h1-6H,7H2,(H,14,15,18). The normalized spacial score (nSPS) is 10.1. The topological polar surface area (TPSA) is 107 Å². The molecule has 0 fully saturated rings. The lowest BCUT2D eigenvalue weighted by molar-refractivity contribution is -0.385. The summed E-state index contributed by atoms with van der Waals surface area (Å²) in [6, 6.07) is 5.41. The third-order valence-corrected chi connectivity index (χ3v) is 2.96. The lowest BCUT2D eigenvalue weighted by atomic mass is 10.4. The van der Waals surface area contributed by atoms with Crippen LogP contribution in [0.15, 0.2) is 45.9 Å². The Hall–Kier alpha value is -2.55. The van der Waals surface area contributed by atoms with E-state index in [1.807, 2.05) is 0 Å². The summed E-state index contributed by atoms with van der Waals surface area (Å²) in [5.74, 6) is -0.186. The molecule has 0 bridgehead atoms. The minimum atomic E-state index is -0.635. The van der Waals surface area contributed by atoms with Gasteiger partial charge in [0.15, 0.2) is 0 Å². The second-order valence-corrected chi connectivity index (χ2v) is 4.94. The fraction of sp³-hybridized carbons (Fsp3) is 0.0833. The van der Waals surface area contributed by atoms with Crippen molar-refractivity contribution in [3.8, 4) is 0 Å². The van der Waals surface area contributed by atoms with E-state index in [2.05, 4.69) is 26.2 Å². The van der Waals surface area contributed by atoms with Crippen LogP contribution in [0.5, 0.6) is 0 Å². The molecule has 1 amide bonds. The van der Waals surface area contributed by atoms with Gasteiger partial charge in [0.2, 0.25) is 5.91 Å². The Bertz CT molecular complexity index is 742. The van der Waals surface area contributed by atoms with E-state index in [0.29, 0.717) is 5.82 Å². The highest BCUT2D eigenvalue weighted by atomic mass is 79.9. The van der Waals surface area contributed by atoms with Gasteiger partial charge in [-0.25, -0.2) is 4.98 Å². The van der Waals surface area contributed by atoms with Crippen molar-refractivity contribution in [2.75, 3.05) is 5.32 Å². The number of hydrogen-bond acceptors (Lipinski definition) is 5. The zero-order valence-corrected chi connectivity index (χ0v) is 12.1. The molecule has 2 aromatic heterocycles. The smallest absolute Gasteiger partial charge is 0.285 e. The second kappa shape index (κ2) is 6.27. The Kier molecular flexibility index (Phi) is 4.43. The minimum absolute atomic E-state index is 0.260. The Morgan fingerprint density at radius 2 is 2.14 bits per heavy atom. The van der Waals surface area contributed by atoms with Crippen LogP contribution in [-0.4, -0.2) is 20.4 Å². The highest BCUT2D eigenvalue weighted by Gasteiger charge is 2.11. The van der Waals surface area contributed by atoms with Crippen LogP contribution in [0.2, 0.25) is 0 Å². The van der Waals surface area contributed by atoms with Crippen LogP contribution >= 0.6 is 15.9 Å². The van der Waals surface area contributed by atoms with Crippen molar-refractivity contribution >= 4 is 33.3 Å². The summed E-state index contributed by atoms with van der Waals surface area (Å²) in [6.07, 6.45) is 2.53. The number of aromatic nitrogens is 2. The molecule has 21 heavy (non-hydrogen) atoms. The maximum absolute atomic E-state index is 11.8. The number of nitro groups is 1. The van der Waals surface area contributed by atoms with Gasteiger partial charge < -0.3 is 5.32 Å². The van der Waals surface area contributed by atoms with Crippen molar-refractivity contribution in [3.63, 3.8) is 0 Å². The fourth-order valence-corrected chi connectivity index (χ4v) is 1.77. The van der Waals surface area contributed by atoms with E-state index in [-0.39, 0.29) is 12.2 Å². The van der Waals surface area contributed by atoms with Crippen molar-refractivity contribution in [1.29, 1.82) is 0 Å². The van der Waals surface area contributed by atoms with E-state index >= 15 is 0 Å². The molecule has 8 nitrogen and oxygen atoms in total. The molecule has 2 aromatic rings. The lowest BCUT2D eigenvalue weighted by Gasteiger charge is -2.06. The van der Waals surface area contributed by atoms with Gasteiger partial charge in [-0.3, -0.25) is 24.3 Å². The van der Waals surface area contributed by atoms with Crippen LogP contribution in [0, 0.1) is 10.1 Å². The van der Waals surface area contributed by atoms with Crippen LogP contribution in [0.3, 0.4) is 0 Å². The first-order valence-electron chi connectivity index (χ1n) is 5.72. The van der Waals surface area contributed by atoms with Crippen LogP contribution in [0.4, 0.5) is 11.5 Å². The number of carbonyl (C=O) groups excluding carboxylic acids is 1. The molecule has 9 heteroatoms. The van der Waals surface area contributed by atoms with Gasteiger partial charge in [-0.2, -0.15) is 0 Å². The maximum atomic E-state index is 11.8. The number of nitrogens with zero attached hydrogens (tertiary/aromatic N) is 3. The molecule has 1 N–H and O–H groups in total. The molecule has 0 unspecified atom stereocenters. The number of anilines is 1. The quantitative estimate of drug-likeness (QED) is 0.663. The Morgan fingerprint density at radius 3 is 2.76 bits per heavy atom. The first kappa shape index (κ1) is 14.9. The average molecular weight is 353 g/mol. The van der Waals surface area contributed by atoms with Crippen LogP contribution < -0.4 is 10.9 Å². The van der Waals surface area contributed by atoms with E-state index in [0.717, 1.165) is 27.4 Å². The predicted octanol–water partition coefficient (Wildman–Crippen LogP) is 1.55. The molecule has 0 aliphatic rings. The molecule has 108 valence electrons. The zero-order valence-electron chi connectivity index (χ0n) is 10.5. The summed E-state index contributed by atoms with van der Waals surface area (Å²) in [5, 5.41) is 13.1. The van der Waals surface area contributed by atoms with Crippen LogP contribution in [-0.2, 0) is 11.3 Å². The van der Waals surface area contributed by atoms with Gasteiger partial charge >= 0.3 is 0 Å². The number of carbonyl (C=O) groups is 1. The summed E-state index contributed by atoms with van der Waals surface area (Å²) in [5.41, 5.74) is -0.760. The van der Waals surface area contributed by atoms with Gasteiger partial charge in [-0.15, -0.1) is 0 Å². The Morgan fingerprint density at radius 1 is 1.38 bits per heavy atom. The van der Waals surface area contributed by atoms with Gasteiger partial charge in [0.05, 0.1) is 11.1 Å². The van der Waals surface area contributed by atoms with Gasteiger partial charge in [0, 0.05) is 22.8 Å². The monoisotopic (exact) mass is 352 g/mol. The predicted molar refractivity (Wildman–Crippen MR) is 77.9 cm³/mol. The van der Waals surface area contributed by atoms with Gasteiger partial charge in [-0.1, -0.05) is 0 Å². The lowest BCUT2D eigenvalue weighted by Crippen LogP contribution is -2.27. The minimum Gasteiger partial charge on any atom is -0.309 e. The van der Waals surface area contributed by atoms with Gasteiger partial charge in [0.25, 0.3) is 11.2 Å². The largest absolute Gasteiger partial charge is 0.309 e. The second-order valence-electron chi connectivity index (χ2n) is 4.02. The first-order chi connectivity index (χ1) is 9.95. The van der Waals surface area contributed by atoms with Crippen molar-refractivity contribution in [2.45, 2.75) is 6.54 Å². The van der Waals surface area contributed by atoms with E-state index in [1.165, 1.54) is 6.20 Å². The summed E-state index contributed by atoms with van der Waals surface area (Å²) in [6.45, 7) is -0.335. The number of nitrogens with one attached hydrogen (secondary N) is 1. The molecular weight excluding hydrogens is 344 g/mol. The molecule has 0 saturated carbocycles. The number of pyridine rings is 2. The highest BCUT2D eigenvalue weighted by Crippen LogP contribution is 2.10. The molecule has 2 heterocycles. The third kappa shape index (κ3) is 3.96. The summed E-state index contributed by atoms with van der Waals surface area (Å²) in [7, 11) is 0. The average Bonchev–Trinajstić information content (AvgIpc) is 2.43. The Labute approximate surface area is 126 Å².